The molecule has 1 aliphatic rings. The fraction of sp³-hybridized carbons (Fsp3) is 0.429. The first kappa shape index (κ1) is 13.3. The second kappa shape index (κ2) is 5.03. The molecule has 0 aromatic carbocycles. The third kappa shape index (κ3) is 2.36. The Hall–Kier alpha value is -1.66. The minimum Gasteiger partial charge on any atom is -0.462 e. The van der Waals surface area contributed by atoms with E-state index in [-0.39, 0.29) is 11.4 Å². The van der Waals surface area contributed by atoms with Crippen LogP contribution in [0.15, 0.2) is 28.2 Å². The van der Waals surface area contributed by atoms with Crippen LogP contribution < -0.4 is 0 Å². The molecule has 5 nitrogen and oxygen atoms in total. The quantitative estimate of drug-likeness (QED) is 0.854. The van der Waals surface area contributed by atoms with Gasteiger partial charge in [0.25, 0.3) is 5.91 Å². The summed E-state index contributed by atoms with van der Waals surface area (Å²) in [7, 11) is 0. The number of ether oxygens (including phenoxy) is 1. The van der Waals surface area contributed by atoms with Crippen molar-refractivity contribution in [3.05, 3.63) is 29.5 Å². The molecular formula is C14H16N2O3S. The first-order chi connectivity index (χ1) is 9.58. The van der Waals surface area contributed by atoms with E-state index in [1.807, 2.05) is 30.9 Å². The molecule has 0 atom stereocenters. The maximum absolute atomic E-state index is 12.6. The van der Waals surface area contributed by atoms with Crippen LogP contribution >= 0.6 is 11.3 Å². The number of amides is 1. The zero-order valence-corrected chi connectivity index (χ0v) is 12.3. The number of carbonyl (C=O) groups is 1. The van der Waals surface area contributed by atoms with Crippen LogP contribution in [0.1, 0.15) is 24.3 Å². The van der Waals surface area contributed by atoms with Crippen LogP contribution in [0.4, 0.5) is 0 Å². The highest BCUT2D eigenvalue weighted by molar-refractivity contribution is 7.13. The van der Waals surface area contributed by atoms with Crippen LogP contribution in [0.2, 0.25) is 0 Å². The predicted molar refractivity (Wildman–Crippen MR) is 75.8 cm³/mol. The van der Waals surface area contributed by atoms with E-state index in [0.29, 0.717) is 31.2 Å². The molecule has 1 aliphatic heterocycles. The van der Waals surface area contributed by atoms with E-state index in [0.717, 1.165) is 5.01 Å². The van der Waals surface area contributed by atoms with Gasteiger partial charge in [-0.2, -0.15) is 0 Å². The third-order valence-electron chi connectivity index (χ3n) is 3.35. The molecule has 1 saturated heterocycles. The molecule has 1 amide bonds. The first-order valence-electron chi connectivity index (χ1n) is 6.47. The molecule has 1 fully saturated rings. The fourth-order valence-electron chi connectivity index (χ4n) is 2.26. The molecule has 0 aliphatic carbocycles. The molecule has 2 aromatic rings. The molecule has 0 unspecified atom stereocenters. The topological polar surface area (TPSA) is 55.6 Å². The molecule has 0 bridgehead atoms. The van der Waals surface area contributed by atoms with Crippen molar-refractivity contribution in [2.24, 2.45) is 0 Å². The fourth-order valence-corrected chi connectivity index (χ4v) is 3.02. The van der Waals surface area contributed by atoms with Gasteiger partial charge in [0.1, 0.15) is 5.69 Å². The number of furan rings is 1. The SMILES string of the molecule is CC1(C)COCCN1C(=O)c1csc(-c2ccco2)n1. The third-order valence-corrected chi connectivity index (χ3v) is 4.20. The van der Waals surface area contributed by atoms with Gasteiger partial charge in [0.2, 0.25) is 0 Å². The molecule has 106 valence electrons. The zero-order chi connectivity index (χ0) is 14.2. The van der Waals surface area contributed by atoms with Crippen LogP contribution in [0.5, 0.6) is 0 Å². The second-order valence-corrected chi connectivity index (χ2v) is 6.20. The number of hydrogen-bond donors (Lipinski definition) is 0. The maximum atomic E-state index is 12.6. The normalized spacial score (nSPS) is 18.2. The maximum Gasteiger partial charge on any atom is 0.273 e. The molecule has 3 rings (SSSR count). The van der Waals surface area contributed by atoms with Crippen LogP contribution in [0.3, 0.4) is 0 Å². The number of carbonyl (C=O) groups excluding carboxylic acids is 1. The summed E-state index contributed by atoms with van der Waals surface area (Å²) in [6, 6.07) is 3.65. The van der Waals surface area contributed by atoms with Gasteiger partial charge in [-0.15, -0.1) is 11.3 Å². The number of nitrogens with zero attached hydrogens (tertiary/aromatic N) is 2. The van der Waals surface area contributed by atoms with E-state index in [2.05, 4.69) is 4.98 Å². The molecule has 0 saturated carbocycles. The Morgan fingerprint density at radius 3 is 3.05 bits per heavy atom. The summed E-state index contributed by atoms with van der Waals surface area (Å²) < 4.78 is 10.7. The number of rotatable bonds is 2. The van der Waals surface area contributed by atoms with Crippen molar-refractivity contribution in [1.82, 2.24) is 9.88 Å². The van der Waals surface area contributed by atoms with Gasteiger partial charge >= 0.3 is 0 Å². The minimum absolute atomic E-state index is 0.0487. The van der Waals surface area contributed by atoms with E-state index in [4.69, 9.17) is 9.15 Å². The lowest BCUT2D eigenvalue weighted by Crippen LogP contribution is -2.55. The average molecular weight is 292 g/mol. The summed E-state index contributed by atoms with van der Waals surface area (Å²) in [6.07, 6.45) is 1.60. The van der Waals surface area contributed by atoms with Gasteiger partial charge in [-0.25, -0.2) is 4.98 Å². The van der Waals surface area contributed by atoms with Gasteiger partial charge in [0.05, 0.1) is 25.0 Å². The van der Waals surface area contributed by atoms with Crippen LogP contribution in [0.25, 0.3) is 10.8 Å². The van der Waals surface area contributed by atoms with Gasteiger partial charge < -0.3 is 14.1 Å². The minimum atomic E-state index is -0.302. The monoisotopic (exact) mass is 292 g/mol. The lowest BCUT2D eigenvalue weighted by molar-refractivity contribution is -0.0372. The van der Waals surface area contributed by atoms with Crippen molar-refractivity contribution in [2.45, 2.75) is 19.4 Å². The Balaban J connectivity index is 1.84. The summed E-state index contributed by atoms with van der Waals surface area (Å²) in [4.78, 5) is 18.8. The highest BCUT2D eigenvalue weighted by Gasteiger charge is 2.35. The highest BCUT2D eigenvalue weighted by atomic mass is 32.1. The Kier molecular flexibility index (Phi) is 3.35. The van der Waals surface area contributed by atoms with Crippen molar-refractivity contribution in [3.63, 3.8) is 0 Å². The molecule has 6 heteroatoms. The van der Waals surface area contributed by atoms with Crippen molar-refractivity contribution in [1.29, 1.82) is 0 Å². The first-order valence-corrected chi connectivity index (χ1v) is 7.35. The standard InChI is InChI=1S/C14H16N2O3S/c1-14(2)9-18-7-5-16(14)13(17)10-8-20-12(15-10)11-4-3-6-19-11/h3-4,6,8H,5,7,9H2,1-2H3. The van der Waals surface area contributed by atoms with Crippen LogP contribution in [0, 0.1) is 0 Å². The average Bonchev–Trinajstić information content (AvgIpc) is 3.08. The molecule has 0 radical (unpaired) electrons. The summed E-state index contributed by atoms with van der Waals surface area (Å²) in [5, 5.41) is 2.51. The summed E-state index contributed by atoms with van der Waals surface area (Å²) >= 11 is 1.42. The molecule has 0 N–H and O–H groups in total. The van der Waals surface area contributed by atoms with Crippen LogP contribution in [-0.2, 0) is 4.74 Å². The van der Waals surface area contributed by atoms with Crippen molar-refractivity contribution < 1.29 is 13.9 Å². The summed E-state index contributed by atoms with van der Waals surface area (Å²) in [6.45, 7) is 5.73. The van der Waals surface area contributed by atoms with E-state index in [9.17, 15) is 4.79 Å². The molecule has 20 heavy (non-hydrogen) atoms. The summed E-state index contributed by atoms with van der Waals surface area (Å²) in [5.74, 6) is 0.641. The van der Waals surface area contributed by atoms with Gasteiger partial charge in [-0.05, 0) is 26.0 Å². The summed E-state index contributed by atoms with van der Waals surface area (Å²) in [5.41, 5.74) is 0.167. The van der Waals surface area contributed by atoms with E-state index in [1.54, 1.807) is 11.6 Å². The lowest BCUT2D eigenvalue weighted by Gasteiger charge is -2.41. The van der Waals surface area contributed by atoms with Crippen LogP contribution in [-0.4, -0.2) is 41.1 Å². The van der Waals surface area contributed by atoms with Crippen molar-refractivity contribution in [3.8, 4) is 10.8 Å². The van der Waals surface area contributed by atoms with Gasteiger partial charge in [-0.3, -0.25) is 4.79 Å². The number of hydrogen-bond acceptors (Lipinski definition) is 5. The van der Waals surface area contributed by atoms with Gasteiger partial charge in [0.15, 0.2) is 10.8 Å². The second-order valence-electron chi connectivity index (χ2n) is 5.34. The highest BCUT2D eigenvalue weighted by Crippen LogP contribution is 2.27. The Morgan fingerprint density at radius 2 is 2.35 bits per heavy atom. The van der Waals surface area contributed by atoms with E-state index < -0.39 is 0 Å². The molecule has 0 spiro atoms. The van der Waals surface area contributed by atoms with Gasteiger partial charge in [0, 0.05) is 11.9 Å². The Labute approximate surface area is 121 Å². The van der Waals surface area contributed by atoms with E-state index in [1.165, 1.54) is 11.3 Å². The Morgan fingerprint density at radius 1 is 1.50 bits per heavy atom. The smallest absolute Gasteiger partial charge is 0.273 e. The van der Waals surface area contributed by atoms with Crippen molar-refractivity contribution >= 4 is 17.2 Å². The van der Waals surface area contributed by atoms with Crippen molar-refractivity contribution in [2.75, 3.05) is 19.8 Å². The predicted octanol–water partition coefficient (Wildman–Crippen LogP) is 2.65. The largest absolute Gasteiger partial charge is 0.462 e. The molecule has 2 aromatic heterocycles. The molecule has 3 heterocycles. The molecular weight excluding hydrogens is 276 g/mol. The Bertz CT molecular complexity index is 604. The number of morpholine rings is 1. The number of thiazole rings is 1. The van der Waals surface area contributed by atoms with Gasteiger partial charge in [-0.1, -0.05) is 0 Å². The number of aromatic nitrogens is 1. The zero-order valence-electron chi connectivity index (χ0n) is 11.5. The lowest BCUT2D eigenvalue weighted by atomic mass is 10.0. The van der Waals surface area contributed by atoms with E-state index >= 15 is 0 Å².